The molecular weight excluding hydrogens is 300 g/mol. The van der Waals surface area contributed by atoms with E-state index >= 15 is 0 Å². The molecule has 0 atom stereocenters. The van der Waals surface area contributed by atoms with E-state index in [4.69, 9.17) is 4.74 Å². The van der Waals surface area contributed by atoms with Crippen LogP contribution in [0, 0.1) is 11.6 Å². The van der Waals surface area contributed by atoms with Gasteiger partial charge in [-0.1, -0.05) is 18.2 Å². The number of hydrogen-bond acceptors (Lipinski definition) is 2. The SMILES string of the molecule is CCN(C(=O)CCc1ccccc1OC)c1ccc(F)c(F)c1. The Bertz CT molecular complexity index is 688. The van der Waals surface area contributed by atoms with Gasteiger partial charge >= 0.3 is 0 Å². The average Bonchev–Trinajstić information content (AvgIpc) is 2.57. The third kappa shape index (κ3) is 4.06. The van der Waals surface area contributed by atoms with E-state index in [0.29, 0.717) is 18.7 Å². The fraction of sp³-hybridized carbons (Fsp3) is 0.278. The predicted octanol–water partition coefficient (Wildman–Crippen LogP) is 3.96. The number of para-hydroxylation sites is 1. The molecule has 0 aliphatic rings. The second kappa shape index (κ2) is 7.72. The van der Waals surface area contributed by atoms with Gasteiger partial charge in [0.05, 0.1) is 7.11 Å². The van der Waals surface area contributed by atoms with Crippen molar-refractivity contribution in [2.75, 3.05) is 18.6 Å². The zero-order chi connectivity index (χ0) is 16.8. The largest absolute Gasteiger partial charge is 0.496 e. The lowest BCUT2D eigenvalue weighted by molar-refractivity contribution is -0.118. The molecule has 0 aliphatic heterocycles. The maximum Gasteiger partial charge on any atom is 0.227 e. The maximum absolute atomic E-state index is 13.4. The molecule has 0 saturated carbocycles. The minimum Gasteiger partial charge on any atom is -0.496 e. The number of carbonyl (C=O) groups is 1. The van der Waals surface area contributed by atoms with E-state index in [9.17, 15) is 13.6 Å². The predicted molar refractivity (Wildman–Crippen MR) is 85.7 cm³/mol. The Hall–Kier alpha value is -2.43. The molecule has 0 saturated heterocycles. The Labute approximate surface area is 134 Å². The van der Waals surface area contributed by atoms with Gasteiger partial charge < -0.3 is 9.64 Å². The molecule has 0 spiro atoms. The first kappa shape index (κ1) is 16.9. The van der Waals surface area contributed by atoms with Gasteiger partial charge in [-0.2, -0.15) is 0 Å². The van der Waals surface area contributed by atoms with Crippen molar-refractivity contribution in [3.63, 3.8) is 0 Å². The van der Waals surface area contributed by atoms with Gasteiger partial charge in [0.2, 0.25) is 5.91 Å². The van der Waals surface area contributed by atoms with Crippen LogP contribution >= 0.6 is 0 Å². The van der Waals surface area contributed by atoms with Crippen LogP contribution in [-0.2, 0) is 11.2 Å². The summed E-state index contributed by atoms with van der Waals surface area (Å²) in [5.41, 5.74) is 1.29. The van der Waals surface area contributed by atoms with E-state index in [1.54, 1.807) is 14.0 Å². The van der Waals surface area contributed by atoms with Gasteiger partial charge in [0.1, 0.15) is 5.75 Å². The Morgan fingerprint density at radius 3 is 2.52 bits per heavy atom. The summed E-state index contributed by atoms with van der Waals surface area (Å²) < 4.78 is 31.6. The minimum absolute atomic E-state index is 0.149. The van der Waals surface area contributed by atoms with Gasteiger partial charge in [-0.25, -0.2) is 8.78 Å². The number of hydrogen-bond donors (Lipinski definition) is 0. The van der Waals surface area contributed by atoms with E-state index in [2.05, 4.69) is 0 Å². The lowest BCUT2D eigenvalue weighted by atomic mass is 10.1. The Morgan fingerprint density at radius 1 is 1.13 bits per heavy atom. The summed E-state index contributed by atoms with van der Waals surface area (Å²) in [6.07, 6.45) is 0.774. The van der Waals surface area contributed by atoms with Crippen LogP contribution in [-0.4, -0.2) is 19.6 Å². The van der Waals surface area contributed by atoms with Gasteiger partial charge in [0.15, 0.2) is 11.6 Å². The quantitative estimate of drug-likeness (QED) is 0.806. The third-order valence-corrected chi connectivity index (χ3v) is 3.63. The Morgan fingerprint density at radius 2 is 1.87 bits per heavy atom. The highest BCUT2D eigenvalue weighted by Gasteiger charge is 2.16. The van der Waals surface area contributed by atoms with Gasteiger partial charge in [-0.05, 0) is 37.1 Å². The molecule has 0 aliphatic carbocycles. The molecule has 5 heteroatoms. The van der Waals surface area contributed by atoms with Crippen molar-refractivity contribution in [1.82, 2.24) is 0 Å². The monoisotopic (exact) mass is 319 g/mol. The highest BCUT2D eigenvalue weighted by molar-refractivity contribution is 5.93. The van der Waals surface area contributed by atoms with Crippen LogP contribution in [0.5, 0.6) is 5.75 Å². The lowest BCUT2D eigenvalue weighted by Gasteiger charge is -2.21. The number of methoxy groups -OCH3 is 1. The molecule has 0 fully saturated rings. The topological polar surface area (TPSA) is 29.5 Å². The van der Waals surface area contributed by atoms with Crippen molar-refractivity contribution < 1.29 is 18.3 Å². The van der Waals surface area contributed by atoms with Crippen LogP contribution in [0.3, 0.4) is 0 Å². The van der Waals surface area contributed by atoms with Gasteiger partial charge in [0.25, 0.3) is 0 Å². The van der Waals surface area contributed by atoms with E-state index < -0.39 is 11.6 Å². The molecule has 0 radical (unpaired) electrons. The zero-order valence-electron chi connectivity index (χ0n) is 13.2. The molecule has 23 heavy (non-hydrogen) atoms. The van der Waals surface area contributed by atoms with E-state index in [-0.39, 0.29) is 12.3 Å². The maximum atomic E-state index is 13.4. The number of aryl methyl sites for hydroxylation is 1. The molecule has 2 rings (SSSR count). The molecule has 0 unspecified atom stereocenters. The van der Waals surface area contributed by atoms with E-state index in [1.165, 1.54) is 11.0 Å². The van der Waals surface area contributed by atoms with E-state index in [1.807, 2.05) is 24.3 Å². The van der Waals surface area contributed by atoms with Crippen LogP contribution in [0.4, 0.5) is 14.5 Å². The highest BCUT2D eigenvalue weighted by Crippen LogP contribution is 2.22. The van der Waals surface area contributed by atoms with Crippen molar-refractivity contribution in [3.8, 4) is 5.75 Å². The van der Waals surface area contributed by atoms with Crippen LogP contribution in [0.15, 0.2) is 42.5 Å². The Kier molecular flexibility index (Phi) is 5.68. The first-order chi connectivity index (χ1) is 11.1. The minimum atomic E-state index is -0.960. The van der Waals surface area contributed by atoms with Crippen molar-refractivity contribution in [2.24, 2.45) is 0 Å². The number of amides is 1. The molecule has 0 bridgehead atoms. The van der Waals surface area contributed by atoms with Gasteiger partial charge in [-0.15, -0.1) is 0 Å². The molecule has 0 heterocycles. The van der Waals surface area contributed by atoms with E-state index in [0.717, 1.165) is 23.4 Å². The fourth-order valence-corrected chi connectivity index (χ4v) is 2.44. The molecule has 0 N–H and O–H groups in total. The summed E-state index contributed by atoms with van der Waals surface area (Å²) in [4.78, 5) is 13.9. The summed E-state index contributed by atoms with van der Waals surface area (Å²) in [5, 5.41) is 0. The summed E-state index contributed by atoms with van der Waals surface area (Å²) in [7, 11) is 1.58. The average molecular weight is 319 g/mol. The molecule has 122 valence electrons. The number of rotatable bonds is 6. The highest BCUT2D eigenvalue weighted by atomic mass is 19.2. The first-order valence-electron chi connectivity index (χ1n) is 7.44. The molecule has 1 amide bonds. The summed E-state index contributed by atoms with van der Waals surface area (Å²) in [5.74, 6) is -1.30. The number of carbonyl (C=O) groups excluding carboxylic acids is 1. The lowest BCUT2D eigenvalue weighted by Crippen LogP contribution is -2.31. The second-order valence-electron chi connectivity index (χ2n) is 5.05. The van der Waals surface area contributed by atoms with Crippen LogP contribution < -0.4 is 9.64 Å². The number of ether oxygens (including phenoxy) is 1. The number of anilines is 1. The summed E-state index contributed by atoms with van der Waals surface area (Å²) >= 11 is 0. The third-order valence-electron chi connectivity index (χ3n) is 3.63. The van der Waals surface area contributed by atoms with Crippen molar-refractivity contribution >= 4 is 11.6 Å². The number of benzene rings is 2. The van der Waals surface area contributed by atoms with Crippen molar-refractivity contribution in [1.29, 1.82) is 0 Å². The van der Waals surface area contributed by atoms with Crippen molar-refractivity contribution in [3.05, 3.63) is 59.7 Å². The second-order valence-corrected chi connectivity index (χ2v) is 5.05. The molecule has 3 nitrogen and oxygen atoms in total. The standard InChI is InChI=1S/C18H19F2NO2/c1-3-21(14-9-10-15(19)16(20)12-14)18(22)11-8-13-6-4-5-7-17(13)23-2/h4-7,9-10,12H,3,8,11H2,1-2H3. The van der Waals surface area contributed by atoms with Crippen LogP contribution in [0.1, 0.15) is 18.9 Å². The molecule has 0 aromatic heterocycles. The zero-order valence-corrected chi connectivity index (χ0v) is 13.2. The molecule has 2 aromatic rings. The Balaban J connectivity index is 2.09. The van der Waals surface area contributed by atoms with Gasteiger partial charge in [-0.3, -0.25) is 4.79 Å². The van der Waals surface area contributed by atoms with Crippen molar-refractivity contribution in [2.45, 2.75) is 19.8 Å². The first-order valence-corrected chi connectivity index (χ1v) is 7.44. The summed E-state index contributed by atoms with van der Waals surface area (Å²) in [6, 6.07) is 11.0. The number of nitrogens with zero attached hydrogens (tertiary/aromatic N) is 1. The van der Waals surface area contributed by atoms with Crippen LogP contribution in [0.2, 0.25) is 0 Å². The normalized spacial score (nSPS) is 10.4. The molecule has 2 aromatic carbocycles. The smallest absolute Gasteiger partial charge is 0.227 e. The number of halogens is 2. The van der Waals surface area contributed by atoms with Crippen LogP contribution in [0.25, 0.3) is 0 Å². The summed E-state index contributed by atoms with van der Waals surface area (Å²) in [6.45, 7) is 2.18. The van der Waals surface area contributed by atoms with Gasteiger partial charge in [0, 0.05) is 24.7 Å². The molecular formula is C18H19F2NO2. The fourth-order valence-electron chi connectivity index (χ4n) is 2.44.